The van der Waals surface area contributed by atoms with Gasteiger partial charge < -0.3 is 10.6 Å². The molecule has 2 aromatic carbocycles. The monoisotopic (exact) mass is 508 g/mol. The Hall–Kier alpha value is -2.64. The van der Waals surface area contributed by atoms with E-state index in [1.54, 1.807) is 0 Å². The maximum Gasteiger partial charge on any atom is 0.165 e. The maximum atomic E-state index is 6.52. The fourth-order valence-electron chi connectivity index (χ4n) is 4.85. The van der Waals surface area contributed by atoms with Gasteiger partial charge in [0.05, 0.1) is 21.3 Å². The number of hydrogen-bond donors (Lipinski definition) is 2. The van der Waals surface area contributed by atoms with Crippen LogP contribution in [0.1, 0.15) is 23.4 Å². The average molecular weight is 509 g/mol. The molecule has 1 saturated heterocycles. The maximum absolute atomic E-state index is 6.52. The Morgan fingerprint density at radius 2 is 1.74 bits per heavy atom. The average Bonchev–Trinajstić information content (AvgIpc) is 3.41. The van der Waals surface area contributed by atoms with Gasteiger partial charge in [0.1, 0.15) is 5.82 Å². The molecule has 1 atom stereocenters. The smallest absolute Gasteiger partial charge is 0.165 e. The van der Waals surface area contributed by atoms with Crippen LogP contribution in [-0.4, -0.2) is 51.7 Å². The second kappa shape index (κ2) is 10.5. The molecular weight excluding hydrogens is 479 g/mol. The first kappa shape index (κ1) is 24.1. The van der Waals surface area contributed by atoms with Crippen molar-refractivity contribution in [3.8, 4) is 11.1 Å². The molecule has 1 aliphatic heterocycles. The van der Waals surface area contributed by atoms with Gasteiger partial charge in [0.25, 0.3) is 0 Å². The zero-order valence-corrected chi connectivity index (χ0v) is 21.6. The van der Waals surface area contributed by atoms with Crippen molar-refractivity contribution >= 4 is 34.7 Å². The van der Waals surface area contributed by atoms with Crippen molar-refractivity contribution < 1.29 is 0 Å². The molecule has 1 fully saturated rings. The van der Waals surface area contributed by atoms with E-state index in [1.807, 2.05) is 42.6 Å². The summed E-state index contributed by atoms with van der Waals surface area (Å²) in [4.78, 5) is 7.29. The highest BCUT2D eigenvalue weighted by atomic mass is 35.5. The lowest BCUT2D eigenvalue weighted by atomic mass is 10.1. The zero-order valence-electron chi connectivity index (χ0n) is 20.1. The highest BCUT2D eigenvalue weighted by Crippen LogP contribution is 2.38. The summed E-state index contributed by atoms with van der Waals surface area (Å²) in [5.41, 5.74) is 5.51. The van der Waals surface area contributed by atoms with E-state index in [0.29, 0.717) is 16.1 Å². The lowest BCUT2D eigenvalue weighted by Gasteiger charge is -2.17. The fourth-order valence-corrected chi connectivity index (χ4v) is 5.44. The molecule has 182 valence electrons. The van der Waals surface area contributed by atoms with Gasteiger partial charge in [-0.25, -0.2) is 4.98 Å². The Bertz CT molecular complexity index is 1300. The molecule has 6 nitrogen and oxygen atoms in total. The van der Waals surface area contributed by atoms with Gasteiger partial charge in [-0.2, -0.15) is 9.61 Å². The minimum Gasteiger partial charge on any atom is -0.369 e. The van der Waals surface area contributed by atoms with Gasteiger partial charge in [-0.15, -0.1) is 0 Å². The third-order valence-corrected chi connectivity index (χ3v) is 7.12. The number of nitrogens with zero attached hydrogens (tertiary/aromatic N) is 4. The van der Waals surface area contributed by atoms with E-state index in [1.165, 1.54) is 12.0 Å². The van der Waals surface area contributed by atoms with Crippen LogP contribution >= 0.6 is 23.2 Å². The van der Waals surface area contributed by atoms with Crippen molar-refractivity contribution in [3.05, 3.63) is 81.6 Å². The summed E-state index contributed by atoms with van der Waals surface area (Å²) in [7, 11) is 0. The minimum absolute atomic E-state index is 0.514. The van der Waals surface area contributed by atoms with Crippen LogP contribution in [0.4, 0.5) is 5.82 Å². The molecule has 0 radical (unpaired) electrons. The van der Waals surface area contributed by atoms with E-state index in [9.17, 15) is 0 Å². The van der Waals surface area contributed by atoms with Crippen molar-refractivity contribution in [1.82, 2.24) is 24.8 Å². The van der Waals surface area contributed by atoms with Gasteiger partial charge >= 0.3 is 0 Å². The molecule has 3 heterocycles. The van der Waals surface area contributed by atoms with Crippen LogP contribution in [0.2, 0.25) is 10.0 Å². The number of nitrogens with one attached hydrogen (secondary N) is 2. The number of hydrogen-bond acceptors (Lipinski definition) is 5. The van der Waals surface area contributed by atoms with Crippen molar-refractivity contribution in [2.75, 3.05) is 31.5 Å². The lowest BCUT2D eigenvalue weighted by molar-refractivity contribution is 0.320. The predicted molar refractivity (Wildman–Crippen MR) is 145 cm³/mol. The summed E-state index contributed by atoms with van der Waals surface area (Å²) in [5, 5.41) is 13.2. The van der Waals surface area contributed by atoms with Crippen molar-refractivity contribution in [2.24, 2.45) is 0 Å². The second-order valence-electron chi connectivity index (χ2n) is 9.16. The van der Waals surface area contributed by atoms with Crippen LogP contribution in [0.15, 0.2) is 54.6 Å². The fraction of sp³-hybridized carbons (Fsp3) is 0.333. The first-order chi connectivity index (χ1) is 17.0. The molecule has 0 spiro atoms. The van der Waals surface area contributed by atoms with Gasteiger partial charge in [0, 0.05) is 56.1 Å². The van der Waals surface area contributed by atoms with Crippen LogP contribution in [-0.2, 0) is 6.54 Å². The molecule has 35 heavy (non-hydrogen) atoms. The summed E-state index contributed by atoms with van der Waals surface area (Å²) in [5.74, 6) is 0.906. The molecular formula is C27H30Cl2N6. The van der Waals surface area contributed by atoms with Crippen molar-refractivity contribution in [3.63, 3.8) is 0 Å². The van der Waals surface area contributed by atoms with E-state index < -0.39 is 0 Å². The van der Waals surface area contributed by atoms with E-state index >= 15 is 0 Å². The highest BCUT2D eigenvalue weighted by molar-refractivity contribution is 6.39. The van der Waals surface area contributed by atoms with Crippen LogP contribution in [0, 0.1) is 13.8 Å². The number of anilines is 1. The first-order valence-electron chi connectivity index (χ1n) is 12.0. The molecule has 2 N–H and O–H groups in total. The van der Waals surface area contributed by atoms with E-state index in [0.717, 1.165) is 66.7 Å². The molecule has 1 aliphatic rings. The molecule has 2 aromatic heterocycles. The summed E-state index contributed by atoms with van der Waals surface area (Å²) in [6.45, 7) is 8.83. The van der Waals surface area contributed by atoms with Crippen molar-refractivity contribution in [2.45, 2.75) is 32.9 Å². The van der Waals surface area contributed by atoms with E-state index in [4.69, 9.17) is 33.3 Å². The third kappa shape index (κ3) is 5.31. The Morgan fingerprint density at radius 3 is 2.51 bits per heavy atom. The number of aryl methyl sites for hydroxylation is 2. The summed E-state index contributed by atoms with van der Waals surface area (Å²) in [6, 6.07) is 18.8. The standard InChI is InChI=1S/C27H30Cl2N6/c1-18-15-24(31-13-12-30-21-11-14-34(17-21)16-20-7-4-3-5-8-20)35-27(32-18)25(19(2)33-35)26-22(28)9-6-10-23(26)29/h3-10,15,21,30-31H,11-14,16-17H2,1-2H3. The molecule has 5 rings (SSSR count). The molecule has 0 saturated carbocycles. The SMILES string of the molecule is Cc1cc(NCCNC2CCN(Cc3ccccc3)C2)n2nc(C)c(-c3c(Cl)cccc3Cl)c2n1. The number of fused-ring (bicyclic) bond motifs is 1. The summed E-state index contributed by atoms with van der Waals surface area (Å²) >= 11 is 13.0. The van der Waals surface area contributed by atoms with Crippen LogP contribution in [0.3, 0.4) is 0 Å². The Labute approximate surface area is 216 Å². The molecule has 4 aromatic rings. The van der Waals surface area contributed by atoms with Gasteiger partial charge in [0.2, 0.25) is 0 Å². The topological polar surface area (TPSA) is 57.5 Å². The molecule has 1 unspecified atom stereocenters. The van der Waals surface area contributed by atoms with Crippen LogP contribution < -0.4 is 10.6 Å². The van der Waals surface area contributed by atoms with Crippen LogP contribution in [0.5, 0.6) is 0 Å². The second-order valence-corrected chi connectivity index (χ2v) is 9.98. The Morgan fingerprint density at radius 1 is 0.971 bits per heavy atom. The normalized spacial score (nSPS) is 16.3. The quantitative estimate of drug-likeness (QED) is 0.303. The number of halogens is 2. The van der Waals surface area contributed by atoms with Gasteiger partial charge in [0.15, 0.2) is 5.65 Å². The first-order valence-corrected chi connectivity index (χ1v) is 12.8. The molecule has 0 bridgehead atoms. The lowest BCUT2D eigenvalue weighted by Crippen LogP contribution is -2.35. The zero-order chi connectivity index (χ0) is 24.4. The van der Waals surface area contributed by atoms with E-state index in [-0.39, 0.29) is 0 Å². The Kier molecular flexibility index (Phi) is 7.25. The Balaban J connectivity index is 1.24. The number of aromatic nitrogens is 3. The number of benzene rings is 2. The third-order valence-electron chi connectivity index (χ3n) is 6.49. The van der Waals surface area contributed by atoms with Gasteiger partial charge in [-0.05, 0) is 38.0 Å². The number of likely N-dealkylation sites (tertiary alicyclic amines) is 1. The van der Waals surface area contributed by atoms with E-state index in [2.05, 4.69) is 45.9 Å². The molecule has 8 heteroatoms. The van der Waals surface area contributed by atoms with Crippen molar-refractivity contribution in [1.29, 1.82) is 0 Å². The molecule has 0 amide bonds. The highest BCUT2D eigenvalue weighted by Gasteiger charge is 2.22. The van der Waals surface area contributed by atoms with Gasteiger partial charge in [-0.3, -0.25) is 4.90 Å². The predicted octanol–water partition coefficient (Wildman–Crippen LogP) is 5.60. The summed E-state index contributed by atoms with van der Waals surface area (Å²) < 4.78 is 1.86. The summed E-state index contributed by atoms with van der Waals surface area (Å²) in [6.07, 6.45) is 1.17. The largest absolute Gasteiger partial charge is 0.369 e. The van der Waals surface area contributed by atoms with Crippen LogP contribution in [0.25, 0.3) is 16.8 Å². The van der Waals surface area contributed by atoms with Gasteiger partial charge in [-0.1, -0.05) is 59.6 Å². The number of rotatable bonds is 8. The molecule has 0 aliphatic carbocycles. The minimum atomic E-state index is 0.514.